The smallest absolute Gasteiger partial charge is 0.227 e. The third kappa shape index (κ3) is 6.79. The van der Waals surface area contributed by atoms with Crippen LogP contribution in [0.15, 0.2) is 52.1 Å². The van der Waals surface area contributed by atoms with Gasteiger partial charge in [0.2, 0.25) is 17.1 Å². The van der Waals surface area contributed by atoms with Gasteiger partial charge in [-0.25, -0.2) is 9.97 Å². The van der Waals surface area contributed by atoms with Gasteiger partial charge in [-0.2, -0.15) is 0 Å². The summed E-state index contributed by atoms with van der Waals surface area (Å²) in [5, 5.41) is 0.917. The second kappa shape index (κ2) is 12.1. The lowest BCUT2D eigenvalue weighted by Gasteiger charge is -2.18. The van der Waals surface area contributed by atoms with Crippen LogP contribution in [0.3, 0.4) is 0 Å². The predicted molar refractivity (Wildman–Crippen MR) is 121 cm³/mol. The van der Waals surface area contributed by atoms with Crippen LogP contribution in [0, 0.1) is 0 Å². The highest BCUT2D eigenvalue weighted by atomic mass is 16.5. The maximum absolute atomic E-state index is 12.3. The number of para-hydroxylation sites is 1. The van der Waals surface area contributed by atoms with E-state index in [9.17, 15) is 4.79 Å². The van der Waals surface area contributed by atoms with Crippen molar-refractivity contribution >= 4 is 10.9 Å². The van der Waals surface area contributed by atoms with E-state index in [0.717, 1.165) is 49.7 Å². The normalized spacial score (nSPS) is 11.2. The van der Waals surface area contributed by atoms with Gasteiger partial charge in [-0.3, -0.25) is 9.69 Å². The van der Waals surface area contributed by atoms with Crippen LogP contribution >= 0.6 is 0 Å². The molecule has 0 bridgehead atoms. The Morgan fingerprint density at radius 3 is 2.61 bits per heavy atom. The Hall–Kier alpha value is -2.93. The highest BCUT2D eigenvalue weighted by molar-refractivity contribution is 5.82. The third-order valence-electron chi connectivity index (χ3n) is 5.01. The van der Waals surface area contributed by atoms with E-state index in [-0.39, 0.29) is 11.2 Å². The zero-order valence-electron chi connectivity index (χ0n) is 18.4. The molecule has 1 aromatic carbocycles. The molecule has 0 aliphatic rings. The molecule has 0 unspecified atom stereocenters. The lowest BCUT2D eigenvalue weighted by atomic mass is 10.2. The Morgan fingerprint density at radius 1 is 1.03 bits per heavy atom. The number of aromatic nitrogens is 2. The highest BCUT2D eigenvalue weighted by Crippen LogP contribution is 2.20. The molecule has 0 amide bonds. The van der Waals surface area contributed by atoms with Crippen LogP contribution in [0.4, 0.5) is 0 Å². The van der Waals surface area contributed by atoms with Crippen molar-refractivity contribution in [2.45, 2.75) is 46.1 Å². The fourth-order valence-corrected chi connectivity index (χ4v) is 3.34. The molecule has 0 saturated carbocycles. The first-order valence-electron chi connectivity index (χ1n) is 11.0. The average molecular weight is 426 g/mol. The molecule has 7 heteroatoms. The topological polar surface area (TPSA) is 77.7 Å². The first-order valence-corrected chi connectivity index (χ1v) is 11.0. The number of nitrogens with zero attached hydrogens (tertiary/aromatic N) is 3. The molecule has 3 aromatic rings. The van der Waals surface area contributed by atoms with Crippen LogP contribution in [0.25, 0.3) is 10.9 Å². The molecule has 7 nitrogen and oxygen atoms in total. The monoisotopic (exact) mass is 425 g/mol. The van der Waals surface area contributed by atoms with Gasteiger partial charge in [0.15, 0.2) is 0 Å². The number of rotatable bonds is 13. The summed E-state index contributed by atoms with van der Waals surface area (Å²) < 4.78 is 17.0. The summed E-state index contributed by atoms with van der Waals surface area (Å²) in [6.07, 6.45) is 6.65. The van der Waals surface area contributed by atoms with Crippen LogP contribution < -0.4 is 14.9 Å². The Bertz CT molecular complexity index is 1000. The number of benzene rings is 1. The van der Waals surface area contributed by atoms with Crippen molar-refractivity contribution in [3.63, 3.8) is 0 Å². The number of unbranched alkanes of at least 4 members (excludes halogenated alkanes) is 2. The fourth-order valence-electron chi connectivity index (χ4n) is 3.34. The second-order valence-corrected chi connectivity index (χ2v) is 7.40. The van der Waals surface area contributed by atoms with Crippen LogP contribution in [0.1, 0.15) is 45.3 Å². The molecule has 0 N–H and O–H groups in total. The average Bonchev–Trinajstić information content (AvgIpc) is 2.79. The van der Waals surface area contributed by atoms with Crippen LogP contribution in [-0.4, -0.2) is 41.2 Å². The van der Waals surface area contributed by atoms with Crippen molar-refractivity contribution in [1.29, 1.82) is 0 Å². The molecule has 2 heterocycles. The maximum Gasteiger partial charge on any atom is 0.227 e. The van der Waals surface area contributed by atoms with Gasteiger partial charge in [-0.05, 0) is 50.9 Å². The second-order valence-electron chi connectivity index (χ2n) is 7.40. The highest BCUT2D eigenvalue weighted by Gasteiger charge is 2.09. The molecular weight excluding hydrogens is 394 g/mol. The van der Waals surface area contributed by atoms with Gasteiger partial charge < -0.3 is 13.9 Å². The summed E-state index contributed by atoms with van der Waals surface area (Å²) in [4.78, 5) is 23.0. The van der Waals surface area contributed by atoms with Crippen molar-refractivity contribution in [2.24, 2.45) is 0 Å². The van der Waals surface area contributed by atoms with Gasteiger partial charge in [0.1, 0.15) is 18.4 Å². The van der Waals surface area contributed by atoms with Crippen molar-refractivity contribution in [3.05, 3.63) is 58.9 Å². The molecular formula is C24H31N3O4. The quantitative estimate of drug-likeness (QED) is 0.375. The largest absolute Gasteiger partial charge is 0.487 e. The van der Waals surface area contributed by atoms with Gasteiger partial charge in [-0.1, -0.05) is 26.0 Å². The van der Waals surface area contributed by atoms with Gasteiger partial charge in [0.05, 0.1) is 30.7 Å². The number of fused-ring (bicyclic) bond motifs is 1. The van der Waals surface area contributed by atoms with E-state index in [1.165, 1.54) is 18.7 Å². The first-order chi connectivity index (χ1) is 15.2. The van der Waals surface area contributed by atoms with Gasteiger partial charge >= 0.3 is 0 Å². The van der Waals surface area contributed by atoms with Gasteiger partial charge in [0.25, 0.3) is 0 Å². The minimum Gasteiger partial charge on any atom is -0.487 e. The standard InChI is InChI=1S/C24H31N3O4/c1-3-12-27(4-2)16-19-15-22(28)23(17-31-19)29-13-8-5-9-14-30-24-20-10-6-7-11-21(20)25-18-26-24/h6-7,10-11,15,17-18H,3-5,8-9,12-14,16H2,1-2H3. The lowest BCUT2D eigenvalue weighted by Crippen LogP contribution is -2.24. The predicted octanol–water partition coefficient (Wildman–Crippen LogP) is 4.44. The van der Waals surface area contributed by atoms with Crippen molar-refractivity contribution in [3.8, 4) is 11.6 Å². The molecule has 0 fully saturated rings. The maximum atomic E-state index is 12.3. The summed E-state index contributed by atoms with van der Waals surface area (Å²) in [6, 6.07) is 9.32. The summed E-state index contributed by atoms with van der Waals surface area (Å²) in [6.45, 7) is 7.83. The van der Waals surface area contributed by atoms with Gasteiger partial charge in [0, 0.05) is 6.07 Å². The van der Waals surface area contributed by atoms with E-state index >= 15 is 0 Å². The van der Waals surface area contributed by atoms with Crippen molar-refractivity contribution < 1.29 is 13.9 Å². The molecule has 166 valence electrons. The SMILES string of the molecule is CCCN(CC)Cc1cc(=O)c(OCCCCCOc2ncnc3ccccc23)co1. The minimum atomic E-state index is -0.132. The Kier molecular flexibility index (Phi) is 8.84. The summed E-state index contributed by atoms with van der Waals surface area (Å²) >= 11 is 0. The van der Waals surface area contributed by atoms with E-state index in [4.69, 9.17) is 13.9 Å². The zero-order valence-corrected chi connectivity index (χ0v) is 18.4. The van der Waals surface area contributed by atoms with Crippen molar-refractivity contribution in [2.75, 3.05) is 26.3 Å². The molecule has 0 atom stereocenters. The van der Waals surface area contributed by atoms with Crippen molar-refractivity contribution in [1.82, 2.24) is 14.9 Å². The molecule has 3 rings (SSSR count). The molecule has 31 heavy (non-hydrogen) atoms. The Morgan fingerprint density at radius 2 is 1.84 bits per heavy atom. The summed E-state index contributed by atoms with van der Waals surface area (Å²) in [7, 11) is 0. The lowest BCUT2D eigenvalue weighted by molar-refractivity contribution is 0.245. The van der Waals surface area contributed by atoms with Crippen LogP contribution in [-0.2, 0) is 6.54 Å². The first kappa shape index (κ1) is 22.7. The van der Waals surface area contributed by atoms with E-state index in [0.29, 0.717) is 31.4 Å². The Labute approximate surface area is 183 Å². The minimum absolute atomic E-state index is 0.132. The molecule has 0 spiro atoms. The molecule has 0 radical (unpaired) electrons. The van der Waals surface area contributed by atoms with E-state index in [1.54, 1.807) is 0 Å². The number of hydrogen-bond acceptors (Lipinski definition) is 7. The molecule has 0 aliphatic carbocycles. The summed E-state index contributed by atoms with van der Waals surface area (Å²) in [5.74, 6) is 1.55. The Balaban J connectivity index is 1.36. The van der Waals surface area contributed by atoms with E-state index in [1.807, 2.05) is 24.3 Å². The zero-order chi connectivity index (χ0) is 21.9. The summed E-state index contributed by atoms with van der Waals surface area (Å²) in [5.41, 5.74) is 0.742. The number of ether oxygens (including phenoxy) is 2. The molecule has 2 aromatic heterocycles. The number of hydrogen-bond donors (Lipinski definition) is 0. The van der Waals surface area contributed by atoms with Gasteiger partial charge in [-0.15, -0.1) is 0 Å². The molecule has 0 aliphatic heterocycles. The third-order valence-corrected chi connectivity index (χ3v) is 5.01. The fraction of sp³-hybridized carbons (Fsp3) is 0.458. The molecule has 0 saturated heterocycles. The van der Waals surface area contributed by atoms with E-state index < -0.39 is 0 Å². The van der Waals surface area contributed by atoms with E-state index in [2.05, 4.69) is 28.7 Å². The van der Waals surface area contributed by atoms with Crippen LogP contribution in [0.2, 0.25) is 0 Å². The van der Waals surface area contributed by atoms with Crippen LogP contribution in [0.5, 0.6) is 11.6 Å².